The van der Waals surface area contributed by atoms with Crippen LogP contribution in [-0.2, 0) is 0 Å². The van der Waals surface area contributed by atoms with Gasteiger partial charge in [0.1, 0.15) is 0 Å². The van der Waals surface area contributed by atoms with Crippen LogP contribution in [0.5, 0.6) is 0 Å². The first kappa shape index (κ1) is 19.6. The molecule has 0 bridgehead atoms. The maximum absolute atomic E-state index is 5.91. The molecule has 3 atom stereocenters. The summed E-state index contributed by atoms with van der Waals surface area (Å²) >= 11 is 0. The molecule has 0 aliphatic rings. The molecule has 0 aromatic carbocycles. The SMILES string of the molecule is CC.CC[C@@H](CC(C)N)[C@H](C=C=CNC)C(C)C. The molecule has 2 nitrogen and oxygen atoms in total. The summed E-state index contributed by atoms with van der Waals surface area (Å²) in [6.07, 6.45) is 6.32. The van der Waals surface area contributed by atoms with Crippen LogP contribution in [-0.4, -0.2) is 13.1 Å². The molecule has 0 saturated carbocycles. The van der Waals surface area contributed by atoms with E-state index in [4.69, 9.17) is 5.73 Å². The molecule has 0 aromatic rings. The highest BCUT2D eigenvalue weighted by molar-refractivity contribution is 4.93. The van der Waals surface area contributed by atoms with Gasteiger partial charge in [-0.1, -0.05) is 41.0 Å². The Morgan fingerprint density at radius 1 is 1.22 bits per heavy atom. The third-order valence-electron chi connectivity index (χ3n) is 3.03. The summed E-state index contributed by atoms with van der Waals surface area (Å²) in [5.74, 6) is 1.87. The lowest BCUT2D eigenvalue weighted by Crippen LogP contribution is -2.26. The van der Waals surface area contributed by atoms with Crippen molar-refractivity contribution in [1.29, 1.82) is 0 Å². The molecule has 0 saturated heterocycles. The molecular formula is C16H34N2. The lowest BCUT2D eigenvalue weighted by atomic mass is 9.78. The van der Waals surface area contributed by atoms with Crippen molar-refractivity contribution in [3.63, 3.8) is 0 Å². The van der Waals surface area contributed by atoms with E-state index >= 15 is 0 Å². The monoisotopic (exact) mass is 254 g/mol. The maximum Gasteiger partial charge on any atom is 0.0391 e. The van der Waals surface area contributed by atoms with Gasteiger partial charge in [0.05, 0.1) is 0 Å². The third kappa shape index (κ3) is 9.32. The minimum absolute atomic E-state index is 0.285. The summed E-state index contributed by atoms with van der Waals surface area (Å²) in [6, 6.07) is 0.285. The molecule has 0 rings (SSSR count). The van der Waals surface area contributed by atoms with Crippen LogP contribution in [0.15, 0.2) is 18.0 Å². The van der Waals surface area contributed by atoms with Gasteiger partial charge in [0.15, 0.2) is 0 Å². The van der Waals surface area contributed by atoms with Crippen LogP contribution in [0.2, 0.25) is 0 Å². The Labute approximate surface area is 115 Å². The first-order chi connectivity index (χ1) is 8.52. The van der Waals surface area contributed by atoms with Crippen LogP contribution < -0.4 is 11.1 Å². The van der Waals surface area contributed by atoms with Gasteiger partial charge in [-0.2, -0.15) is 0 Å². The topological polar surface area (TPSA) is 38.0 Å². The van der Waals surface area contributed by atoms with Gasteiger partial charge in [0, 0.05) is 19.3 Å². The average Bonchev–Trinajstić information content (AvgIpc) is 2.34. The van der Waals surface area contributed by atoms with E-state index < -0.39 is 0 Å². The van der Waals surface area contributed by atoms with Crippen molar-refractivity contribution >= 4 is 0 Å². The molecule has 2 heteroatoms. The van der Waals surface area contributed by atoms with Gasteiger partial charge in [-0.15, -0.1) is 5.73 Å². The summed E-state index contributed by atoms with van der Waals surface area (Å²) in [5, 5.41) is 2.97. The highest BCUT2D eigenvalue weighted by atomic mass is 14.8. The lowest BCUT2D eigenvalue weighted by molar-refractivity contribution is 0.275. The molecule has 0 aromatic heterocycles. The highest BCUT2D eigenvalue weighted by Crippen LogP contribution is 2.28. The van der Waals surface area contributed by atoms with E-state index in [-0.39, 0.29) is 6.04 Å². The van der Waals surface area contributed by atoms with Crippen molar-refractivity contribution in [1.82, 2.24) is 5.32 Å². The fraction of sp³-hybridized carbons (Fsp3) is 0.812. The molecule has 18 heavy (non-hydrogen) atoms. The minimum Gasteiger partial charge on any atom is -0.388 e. The fourth-order valence-corrected chi connectivity index (χ4v) is 2.19. The Kier molecular flexibility index (Phi) is 13.9. The second kappa shape index (κ2) is 12.7. The van der Waals surface area contributed by atoms with Crippen LogP contribution in [0.3, 0.4) is 0 Å². The Hall–Kier alpha value is -0.720. The predicted molar refractivity (Wildman–Crippen MR) is 83.4 cm³/mol. The number of allylic oxidation sites excluding steroid dienone is 1. The standard InChI is InChI=1S/C14H28N2.C2H6/c1-6-13(10-12(4)15)14(11(2)3)8-7-9-16-5;1-2/h8-9,11-14,16H,6,10,15H2,1-5H3;1-2H3/t7?,12?,13-,14+;/m0./s1. The highest BCUT2D eigenvalue weighted by Gasteiger charge is 2.21. The zero-order chi connectivity index (χ0) is 14.6. The first-order valence-electron chi connectivity index (χ1n) is 7.36. The number of rotatable bonds is 7. The Balaban J connectivity index is 0. The maximum atomic E-state index is 5.91. The van der Waals surface area contributed by atoms with E-state index in [2.05, 4.69) is 44.8 Å². The molecule has 0 aliphatic carbocycles. The second-order valence-corrected chi connectivity index (χ2v) is 4.97. The molecule has 108 valence electrons. The quantitative estimate of drug-likeness (QED) is 0.675. The van der Waals surface area contributed by atoms with E-state index in [0.717, 1.165) is 6.42 Å². The van der Waals surface area contributed by atoms with E-state index in [9.17, 15) is 0 Å². The zero-order valence-electron chi connectivity index (χ0n) is 13.5. The van der Waals surface area contributed by atoms with Crippen molar-refractivity contribution in [2.75, 3.05) is 7.05 Å². The van der Waals surface area contributed by atoms with Gasteiger partial charge in [0.2, 0.25) is 0 Å². The number of hydrogen-bond donors (Lipinski definition) is 2. The van der Waals surface area contributed by atoms with Crippen LogP contribution in [0.25, 0.3) is 0 Å². The number of hydrogen-bond acceptors (Lipinski definition) is 2. The van der Waals surface area contributed by atoms with Crippen molar-refractivity contribution in [2.24, 2.45) is 23.5 Å². The van der Waals surface area contributed by atoms with Gasteiger partial charge in [-0.05, 0) is 37.2 Å². The summed E-state index contributed by atoms with van der Waals surface area (Å²) < 4.78 is 0. The summed E-state index contributed by atoms with van der Waals surface area (Å²) in [4.78, 5) is 0. The van der Waals surface area contributed by atoms with Crippen LogP contribution >= 0.6 is 0 Å². The van der Waals surface area contributed by atoms with E-state index in [0.29, 0.717) is 17.8 Å². The van der Waals surface area contributed by atoms with Crippen molar-refractivity contribution < 1.29 is 0 Å². The number of nitrogens with one attached hydrogen (secondary N) is 1. The summed E-state index contributed by atoms with van der Waals surface area (Å²) in [7, 11) is 1.89. The van der Waals surface area contributed by atoms with E-state index in [1.807, 2.05) is 27.1 Å². The molecule has 3 N–H and O–H groups in total. The molecule has 0 radical (unpaired) electrons. The van der Waals surface area contributed by atoms with Gasteiger partial charge in [0.25, 0.3) is 0 Å². The predicted octanol–water partition coefficient (Wildman–Crippen LogP) is 3.94. The van der Waals surface area contributed by atoms with Crippen molar-refractivity contribution in [2.45, 2.75) is 60.4 Å². The molecule has 0 amide bonds. The third-order valence-corrected chi connectivity index (χ3v) is 3.03. The Bertz CT molecular complexity index is 225. The summed E-state index contributed by atoms with van der Waals surface area (Å²) in [6.45, 7) is 12.9. The van der Waals surface area contributed by atoms with Crippen LogP contribution in [0.4, 0.5) is 0 Å². The van der Waals surface area contributed by atoms with E-state index in [1.54, 1.807) is 0 Å². The van der Waals surface area contributed by atoms with Crippen molar-refractivity contribution in [3.05, 3.63) is 18.0 Å². The molecule has 1 unspecified atom stereocenters. The Morgan fingerprint density at radius 2 is 1.78 bits per heavy atom. The van der Waals surface area contributed by atoms with E-state index in [1.165, 1.54) is 6.42 Å². The average molecular weight is 254 g/mol. The molecule has 0 aliphatic heterocycles. The van der Waals surface area contributed by atoms with Crippen LogP contribution in [0.1, 0.15) is 54.4 Å². The van der Waals surface area contributed by atoms with Gasteiger partial charge >= 0.3 is 0 Å². The Morgan fingerprint density at radius 3 is 2.11 bits per heavy atom. The molecule has 0 heterocycles. The fourth-order valence-electron chi connectivity index (χ4n) is 2.19. The van der Waals surface area contributed by atoms with Gasteiger partial charge < -0.3 is 11.1 Å². The largest absolute Gasteiger partial charge is 0.388 e. The second-order valence-electron chi connectivity index (χ2n) is 4.97. The van der Waals surface area contributed by atoms with Gasteiger partial charge in [-0.3, -0.25) is 0 Å². The zero-order valence-corrected chi connectivity index (χ0v) is 13.5. The minimum atomic E-state index is 0.285. The lowest BCUT2D eigenvalue weighted by Gasteiger charge is -2.27. The molecular weight excluding hydrogens is 220 g/mol. The summed E-state index contributed by atoms with van der Waals surface area (Å²) in [5.41, 5.74) is 9.11. The number of nitrogens with two attached hydrogens (primary N) is 1. The first-order valence-corrected chi connectivity index (χ1v) is 7.36. The van der Waals surface area contributed by atoms with Gasteiger partial charge in [-0.25, -0.2) is 0 Å². The molecule has 0 spiro atoms. The normalized spacial score (nSPS) is 14.7. The van der Waals surface area contributed by atoms with Crippen molar-refractivity contribution in [3.8, 4) is 0 Å². The van der Waals surface area contributed by atoms with Crippen LogP contribution in [0, 0.1) is 17.8 Å². The smallest absolute Gasteiger partial charge is 0.0391 e. The molecule has 0 fully saturated rings.